The lowest BCUT2D eigenvalue weighted by molar-refractivity contribution is -0.130. The molecule has 6 heteroatoms. The molecule has 170 valence electrons. The summed E-state index contributed by atoms with van der Waals surface area (Å²) in [6.45, 7) is 8.17. The van der Waals surface area contributed by atoms with Crippen molar-refractivity contribution in [3.8, 4) is 0 Å². The summed E-state index contributed by atoms with van der Waals surface area (Å²) in [6.07, 6.45) is 1.50. The maximum atomic E-state index is 13.5. The molecule has 0 aliphatic carbocycles. The maximum Gasteiger partial charge on any atom is 0.254 e. The monoisotopic (exact) mass is 435 g/mol. The Morgan fingerprint density at radius 1 is 1.06 bits per heavy atom. The molecule has 2 aliphatic heterocycles. The van der Waals surface area contributed by atoms with E-state index in [0.29, 0.717) is 38.3 Å². The molecule has 0 radical (unpaired) electrons. The lowest BCUT2D eigenvalue weighted by Crippen LogP contribution is -2.56. The van der Waals surface area contributed by atoms with Crippen molar-refractivity contribution in [2.24, 2.45) is 0 Å². The normalized spacial score (nSPS) is 22.5. The first-order valence-electron chi connectivity index (χ1n) is 11.5. The molecular formula is C26H33N3O3. The summed E-state index contributed by atoms with van der Waals surface area (Å²) in [5.41, 5.74) is 2.18. The molecule has 4 rings (SSSR count). The second-order valence-corrected chi connectivity index (χ2v) is 8.99. The molecule has 2 atom stereocenters. The number of benzene rings is 2. The Morgan fingerprint density at radius 3 is 2.53 bits per heavy atom. The second-order valence-electron chi connectivity index (χ2n) is 8.99. The predicted octanol–water partition coefficient (Wildman–Crippen LogP) is 3.18. The first kappa shape index (κ1) is 22.5. The number of hydrogen-bond acceptors (Lipinski definition) is 4. The van der Waals surface area contributed by atoms with Crippen LogP contribution in [-0.4, -0.2) is 66.5 Å². The Kier molecular flexibility index (Phi) is 6.92. The summed E-state index contributed by atoms with van der Waals surface area (Å²) in [5, 5.41) is 3.20. The van der Waals surface area contributed by atoms with E-state index in [4.69, 9.17) is 4.74 Å². The molecule has 2 unspecified atom stereocenters. The van der Waals surface area contributed by atoms with E-state index < -0.39 is 5.54 Å². The van der Waals surface area contributed by atoms with Crippen LogP contribution in [0, 0.1) is 6.92 Å². The molecule has 1 N–H and O–H groups in total. The third-order valence-electron chi connectivity index (χ3n) is 6.77. The topological polar surface area (TPSA) is 61.9 Å². The van der Waals surface area contributed by atoms with Crippen LogP contribution in [0.3, 0.4) is 0 Å². The number of amides is 2. The van der Waals surface area contributed by atoms with Crippen LogP contribution in [-0.2, 0) is 9.53 Å². The average molecular weight is 436 g/mol. The number of aryl methyl sites for hydroxylation is 1. The van der Waals surface area contributed by atoms with Gasteiger partial charge in [0.25, 0.3) is 5.91 Å². The van der Waals surface area contributed by atoms with Crippen LogP contribution in [0.1, 0.15) is 47.3 Å². The predicted molar refractivity (Wildman–Crippen MR) is 124 cm³/mol. The van der Waals surface area contributed by atoms with Gasteiger partial charge in [-0.25, -0.2) is 0 Å². The second kappa shape index (κ2) is 9.84. The van der Waals surface area contributed by atoms with Gasteiger partial charge in [0.15, 0.2) is 0 Å². The summed E-state index contributed by atoms with van der Waals surface area (Å²) in [4.78, 5) is 30.7. The van der Waals surface area contributed by atoms with Crippen molar-refractivity contribution >= 4 is 11.8 Å². The summed E-state index contributed by atoms with van der Waals surface area (Å²) < 4.78 is 5.54. The Balaban J connectivity index is 1.50. The number of ether oxygens (including phenoxy) is 1. The molecule has 32 heavy (non-hydrogen) atoms. The number of carbonyl (C=O) groups excluding carboxylic acids is 2. The van der Waals surface area contributed by atoms with Crippen molar-refractivity contribution in [3.63, 3.8) is 0 Å². The molecule has 0 spiro atoms. The third-order valence-corrected chi connectivity index (χ3v) is 6.77. The van der Waals surface area contributed by atoms with Crippen molar-refractivity contribution in [3.05, 3.63) is 71.3 Å². The van der Waals surface area contributed by atoms with Gasteiger partial charge in [-0.1, -0.05) is 48.0 Å². The van der Waals surface area contributed by atoms with Crippen molar-refractivity contribution < 1.29 is 14.3 Å². The van der Waals surface area contributed by atoms with E-state index in [0.717, 1.165) is 19.5 Å². The molecule has 2 aromatic rings. The first-order valence-corrected chi connectivity index (χ1v) is 11.5. The number of nitrogens with zero attached hydrogens (tertiary/aromatic N) is 2. The van der Waals surface area contributed by atoms with Crippen LogP contribution in [0.4, 0.5) is 0 Å². The van der Waals surface area contributed by atoms with Crippen LogP contribution in [0.15, 0.2) is 54.6 Å². The highest BCUT2D eigenvalue weighted by molar-refractivity contribution is 5.99. The van der Waals surface area contributed by atoms with Gasteiger partial charge in [-0.2, -0.15) is 0 Å². The molecule has 6 nitrogen and oxygen atoms in total. The van der Waals surface area contributed by atoms with E-state index >= 15 is 0 Å². The number of rotatable bonds is 6. The average Bonchev–Trinajstić information content (AvgIpc) is 3.23. The van der Waals surface area contributed by atoms with E-state index in [1.807, 2.05) is 37.3 Å². The Hall–Kier alpha value is -2.70. The summed E-state index contributed by atoms with van der Waals surface area (Å²) in [6, 6.07) is 17.8. The van der Waals surface area contributed by atoms with Crippen LogP contribution in [0.2, 0.25) is 0 Å². The molecule has 0 saturated carbocycles. The quantitative estimate of drug-likeness (QED) is 0.757. The SMILES string of the molecule is Cc1cccc(C(CNC(=O)C2(C)CCCN2C(=O)c2ccccc2)N2CCOCC2)c1. The minimum atomic E-state index is -0.838. The highest BCUT2D eigenvalue weighted by Crippen LogP contribution is 2.31. The Labute approximate surface area is 190 Å². The lowest BCUT2D eigenvalue weighted by atomic mass is 9.96. The summed E-state index contributed by atoms with van der Waals surface area (Å²) in [7, 11) is 0. The number of hydrogen-bond donors (Lipinski definition) is 1. The van der Waals surface area contributed by atoms with E-state index in [1.165, 1.54) is 11.1 Å². The molecule has 2 heterocycles. The largest absolute Gasteiger partial charge is 0.379 e. The first-order chi connectivity index (χ1) is 15.5. The number of likely N-dealkylation sites (tertiary alicyclic amines) is 1. The van der Waals surface area contributed by atoms with E-state index in [1.54, 1.807) is 4.90 Å². The van der Waals surface area contributed by atoms with Crippen molar-refractivity contribution in [2.75, 3.05) is 39.4 Å². The standard InChI is InChI=1S/C26H33N3O3/c1-20-8-6-11-22(18-20)23(28-14-16-32-17-15-28)19-27-25(31)26(2)12-7-13-29(26)24(30)21-9-4-3-5-10-21/h3-6,8-11,18,23H,7,12-17,19H2,1-2H3,(H,27,31). The number of nitrogens with one attached hydrogen (secondary N) is 1. The zero-order valence-electron chi connectivity index (χ0n) is 19.0. The molecule has 2 aromatic carbocycles. The molecule has 2 fully saturated rings. The van der Waals surface area contributed by atoms with Crippen molar-refractivity contribution in [1.82, 2.24) is 15.1 Å². The van der Waals surface area contributed by atoms with Crippen LogP contribution in [0.5, 0.6) is 0 Å². The van der Waals surface area contributed by atoms with Gasteiger partial charge in [0.2, 0.25) is 5.91 Å². The molecule has 0 bridgehead atoms. The maximum absolute atomic E-state index is 13.5. The smallest absolute Gasteiger partial charge is 0.254 e. The Bertz CT molecular complexity index is 942. The van der Waals surface area contributed by atoms with Crippen LogP contribution in [0.25, 0.3) is 0 Å². The summed E-state index contributed by atoms with van der Waals surface area (Å²) in [5.74, 6) is -0.158. The fraction of sp³-hybridized carbons (Fsp3) is 0.462. The number of carbonyl (C=O) groups is 2. The zero-order valence-corrected chi connectivity index (χ0v) is 19.0. The van der Waals surface area contributed by atoms with Crippen molar-refractivity contribution in [1.29, 1.82) is 0 Å². The summed E-state index contributed by atoms with van der Waals surface area (Å²) >= 11 is 0. The van der Waals surface area contributed by atoms with Gasteiger partial charge in [0, 0.05) is 31.7 Å². The minimum Gasteiger partial charge on any atom is -0.379 e. The van der Waals surface area contributed by atoms with Gasteiger partial charge >= 0.3 is 0 Å². The minimum absolute atomic E-state index is 0.0750. The van der Waals surface area contributed by atoms with E-state index in [-0.39, 0.29) is 17.9 Å². The lowest BCUT2D eigenvalue weighted by Gasteiger charge is -2.37. The fourth-order valence-electron chi connectivity index (χ4n) is 4.87. The number of morpholine rings is 1. The third kappa shape index (κ3) is 4.71. The molecule has 2 aliphatic rings. The Morgan fingerprint density at radius 2 is 1.81 bits per heavy atom. The zero-order chi connectivity index (χ0) is 22.6. The molecule has 2 saturated heterocycles. The van der Waals surface area contributed by atoms with Gasteiger partial charge < -0.3 is 15.0 Å². The van der Waals surface area contributed by atoms with E-state index in [9.17, 15) is 9.59 Å². The van der Waals surface area contributed by atoms with Gasteiger partial charge in [0.05, 0.1) is 19.3 Å². The van der Waals surface area contributed by atoms with Crippen LogP contribution < -0.4 is 5.32 Å². The molecule has 2 amide bonds. The van der Waals surface area contributed by atoms with Gasteiger partial charge in [0.1, 0.15) is 5.54 Å². The van der Waals surface area contributed by atoms with Crippen molar-refractivity contribution in [2.45, 2.75) is 38.3 Å². The highest BCUT2D eigenvalue weighted by atomic mass is 16.5. The van der Waals surface area contributed by atoms with Gasteiger partial charge in [-0.3, -0.25) is 14.5 Å². The van der Waals surface area contributed by atoms with Gasteiger partial charge in [-0.05, 0) is 44.4 Å². The molecule has 0 aromatic heterocycles. The highest BCUT2D eigenvalue weighted by Gasteiger charge is 2.46. The van der Waals surface area contributed by atoms with E-state index in [2.05, 4.69) is 41.4 Å². The molecular weight excluding hydrogens is 402 g/mol. The van der Waals surface area contributed by atoms with Crippen LogP contribution >= 0.6 is 0 Å². The fourth-order valence-corrected chi connectivity index (χ4v) is 4.87. The van der Waals surface area contributed by atoms with Gasteiger partial charge in [-0.15, -0.1) is 0 Å².